The number of nitrogens with zero attached hydrogens (tertiary/aromatic N) is 1. The predicted molar refractivity (Wildman–Crippen MR) is 82.3 cm³/mol. The smallest absolute Gasteiger partial charge is 0.244 e. The summed E-state index contributed by atoms with van der Waals surface area (Å²) < 4.78 is 0. The fraction of sp³-hybridized carbons (Fsp3) is 0.933. The van der Waals surface area contributed by atoms with Gasteiger partial charge in [0.1, 0.15) is 0 Å². The Balaban J connectivity index is 2.24. The van der Waals surface area contributed by atoms with Crippen molar-refractivity contribution in [1.82, 2.24) is 10.2 Å². The average molecular weight is 284 g/mol. The molecular formula is C15H28N2OS. The van der Waals surface area contributed by atoms with E-state index in [0.29, 0.717) is 17.9 Å². The van der Waals surface area contributed by atoms with Gasteiger partial charge < -0.3 is 4.90 Å². The molecule has 1 aliphatic carbocycles. The molecule has 2 atom stereocenters. The Kier molecular flexibility index (Phi) is 4.83. The molecule has 1 saturated carbocycles. The van der Waals surface area contributed by atoms with Crippen LogP contribution in [0.25, 0.3) is 0 Å². The molecule has 110 valence electrons. The molecule has 0 aromatic carbocycles. The van der Waals surface area contributed by atoms with Gasteiger partial charge in [0.15, 0.2) is 0 Å². The molecule has 0 aromatic heterocycles. The lowest BCUT2D eigenvalue weighted by atomic mass is 9.97. The van der Waals surface area contributed by atoms with Crippen molar-refractivity contribution in [2.75, 3.05) is 12.0 Å². The number of thioether (sulfide) groups is 1. The molecule has 2 aliphatic rings. The summed E-state index contributed by atoms with van der Waals surface area (Å²) in [6.07, 6.45) is 7.85. The van der Waals surface area contributed by atoms with E-state index in [4.69, 9.17) is 0 Å². The van der Waals surface area contributed by atoms with E-state index >= 15 is 0 Å². The lowest BCUT2D eigenvalue weighted by Gasteiger charge is -2.34. The Labute approximate surface area is 121 Å². The van der Waals surface area contributed by atoms with Crippen LogP contribution < -0.4 is 5.32 Å². The van der Waals surface area contributed by atoms with E-state index in [2.05, 4.69) is 37.2 Å². The van der Waals surface area contributed by atoms with E-state index in [1.54, 1.807) is 0 Å². The highest BCUT2D eigenvalue weighted by Gasteiger charge is 2.54. The van der Waals surface area contributed by atoms with Crippen LogP contribution in [0.4, 0.5) is 0 Å². The van der Waals surface area contributed by atoms with E-state index < -0.39 is 0 Å². The molecule has 2 unspecified atom stereocenters. The molecule has 2 fully saturated rings. The van der Waals surface area contributed by atoms with Crippen molar-refractivity contribution in [3.8, 4) is 0 Å². The maximum atomic E-state index is 13.0. The zero-order valence-electron chi connectivity index (χ0n) is 12.7. The largest absolute Gasteiger partial charge is 0.321 e. The summed E-state index contributed by atoms with van der Waals surface area (Å²) in [7, 11) is 0. The SMILES string of the molecule is CCC(CSC)N1C(=O)C2(CCCC2)NC1C(C)C. The van der Waals surface area contributed by atoms with E-state index in [9.17, 15) is 4.79 Å². The Hall–Kier alpha value is -0.220. The van der Waals surface area contributed by atoms with Gasteiger partial charge in [-0.3, -0.25) is 10.1 Å². The fourth-order valence-electron chi connectivity index (χ4n) is 3.59. The van der Waals surface area contributed by atoms with Crippen LogP contribution >= 0.6 is 11.8 Å². The van der Waals surface area contributed by atoms with Gasteiger partial charge in [0.05, 0.1) is 11.7 Å². The van der Waals surface area contributed by atoms with Crippen LogP contribution in [0, 0.1) is 5.92 Å². The third-order valence-corrected chi connectivity index (χ3v) is 5.40. The van der Waals surface area contributed by atoms with Crippen molar-refractivity contribution in [3.05, 3.63) is 0 Å². The monoisotopic (exact) mass is 284 g/mol. The van der Waals surface area contributed by atoms with Gasteiger partial charge >= 0.3 is 0 Å². The van der Waals surface area contributed by atoms with Gasteiger partial charge in [-0.05, 0) is 31.4 Å². The van der Waals surface area contributed by atoms with Crippen molar-refractivity contribution in [1.29, 1.82) is 0 Å². The maximum Gasteiger partial charge on any atom is 0.244 e. The summed E-state index contributed by atoms with van der Waals surface area (Å²) in [6.45, 7) is 6.64. The second-order valence-corrected chi connectivity index (χ2v) is 7.26. The van der Waals surface area contributed by atoms with Crippen molar-refractivity contribution >= 4 is 17.7 Å². The van der Waals surface area contributed by atoms with Gasteiger partial charge in [-0.1, -0.05) is 33.6 Å². The minimum atomic E-state index is -0.221. The molecule has 1 heterocycles. The van der Waals surface area contributed by atoms with Crippen molar-refractivity contribution in [2.45, 2.75) is 70.6 Å². The van der Waals surface area contributed by atoms with Gasteiger partial charge in [-0.15, -0.1) is 0 Å². The fourth-order valence-corrected chi connectivity index (χ4v) is 4.37. The third-order valence-electron chi connectivity index (χ3n) is 4.68. The lowest BCUT2D eigenvalue weighted by Crippen LogP contribution is -2.48. The van der Waals surface area contributed by atoms with Crippen LogP contribution in [0.1, 0.15) is 52.9 Å². The molecule has 0 aromatic rings. The molecule has 1 spiro atoms. The number of carbonyl (C=O) groups excluding carboxylic acids is 1. The second-order valence-electron chi connectivity index (χ2n) is 6.35. The van der Waals surface area contributed by atoms with Gasteiger partial charge in [0.2, 0.25) is 5.91 Å². The summed E-state index contributed by atoms with van der Waals surface area (Å²) in [6, 6.07) is 0.377. The summed E-state index contributed by atoms with van der Waals surface area (Å²) >= 11 is 1.85. The summed E-state index contributed by atoms with van der Waals surface area (Å²) in [5.74, 6) is 1.90. The molecule has 1 amide bonds. The lowest BCUT2D eigenvalue weighted by molar-refractivity contribution is -0.135. The van der Waals surface area contributed by atoms with Gasteiger partial charge in [-0.25, -0.2) is 0 Å². The van der Waals surface area contributed by atoms with Crippen LogP contribution in [-0.2, 0) is 4.79 Å². The van der Waals surface area contributed by atoms with Crippen molar-refractivity contribution in [2.24, 2.45) is 5.92 Å². The third kappa shape index (κ3) is 2.66. The highest BCUT2D eigenvalue weighted by atomic mass is 32.2. The minimum Gasteiger partial charge on any atom is -0.321 e. The quantitative estimate of drug-likeness (QED) is 0.842. The highest BCUT2D eigenvalue weighted by molar-refractivity contribution is 7.98. The molecule has 1 N–H and O–H groups in total. The van der Waals surface area contributed by atoms with Crippen LogP contribution in [0.15, 0.2) is 0 Å². The molecule has 4 heteroatoms. The average Bonchev–Trinajstić information content (AvgIpc) is 2.95. The number of rotatable bonds is 5. The van der Waals surface area contributed by atoms with Gasteiger partial charge in [0.25, 0.3) is 0 Å². The molecule has 3 nitrogen and oxygen atoms in total. The first kappa shape index (κ1) is 15.2. The first-order valence-electron chi connectivity index (χ1n) is 7.65. The van der Waals surface area contributed by atoms with Gasteiger partial charge in [0, 0.05) is 11.8 Å². The number of nitrogens with one attached hydrogen (secondary N) is 1. The maximum absolute atomic E-state index is 13.0. The summed E-state index contributed by atoms with van der Waals surface area (Å²) in [4.78, 5) is 15.2. The van der Waals surface area contributed by atoms with Crippen LogP contribution in [0.5, 0.6) is 0 Å². The van der Waals surface area contributed by atoms with Crippen LogP contribution in [-0.4, -0.2) is 40.6 Å². The molecule has 2 rings (SSSR count). The van der Waals surface area contributed by atoms with E-state index in [1.165, 1.54) is 12.8 Å². The molecule has 0 bridgehead atoms. The Morgan fingerprint density at radius 2 is 2.05 bits per heavy atom. The van der Waals surface area contributed by atoms with Crippen molar-refractivity contribution in [3.63, 3.8) is 0 Å². The number of hydrogen-bond donors (Lipinski definition) is 1. The van der Waals surface area contributed by atoms with Crippen molar-refractivity contribution < 1.29 is 4.79 Å². The summed E-state index contributed by atoms with van der Waals surface area (Å²) in [5.41, 5.74) is -0.221. The zero-order chi connectivity index (χ0) is 14.0. The zero-order valence-corrected chi connectivity index (χ0v) is 13.6. The first-order valence-corrected chi connectivity index (χ1v) is 9.04. The molecule has 1 saturated heterocycles. The van der Waals surface area contributed by atoms with E-state index in [1.807, 2.05) is 11.8 Å². The standard InChI is InChI=1S/C15H28N2OS/c1-5-12(10-19-4)17-13(11(2)3)16-15(14(17)18)8-6-7-9-15/h11-13,16H,5-10H2,1-4H3. The minimum absolute atomic E-state index is 0.221. The Morgan fingerprint density at radius 3 is 2.53 bits per heavy atom. The Bertz CT molecular complexity index is 326. The normalized spacial score (nSPS) is 27.7. The topological polar surface area (TPSA) is 32.3 Å². The van der Waals surface area contributed by atoms with E-state index in [-0.39, 0.29) is 11.7 Å². The van der Waals surface area contributed by atoms with Crippen LogP contribution in [0.2, 0.25) is 0 Å². The molecule has 19 heavy (non-hydrogen) atoms. The van der Waals surface area contributed by atoms with Crippen LogP contribution in [0.3, 0.4) is 0 Å². The Morgan fingerprint density at radius 1 is 1.42 bits per heavy atom. The number of hydrogen-bond acceptors (Lipinski definition) is 3. The summed E-state index contributed by atoms with van der Waals surface area (Å²) in [5, 5.41) is 3.71. The molecule has 0 radical (unpaired) electrons. The number of amides is 1. The second kappa shape index (κ2) is 6.04. The highest BCUT2D eigenvalue weighted by Crippen LogP contribution is 2.39. The first-order chi connectivity index (χ1) is 9.05. The van der Waals surface area contributed by atoms with Gasteiger partial charge in [-0.2, -0.15) is 11.8 Å². The predicted octanol–water partition coefficient (Wildman–Crippen LogP) is 2.85. The molecule has 1 aliphatic heterocycles. The number of carbonyl (C=O) groups is 1. The van der Waals surface area contributed by atoms with E-state index in [0.717, 1.165) is 25.0 Å². The molecular weight excluding hydrogens is 256 g/mol.